The molecular weight excluding hydrogens is 420 g/mol. The van der Waals surface area contributed by atoms with E-state index in [0.29, 0.717) is 10.6 Å². The van der Waals surface area contributed by atoms with E-state index in [9.17, 15) is 13.2 Å². The van der Waals surface area contributed by atoms with E-state index in [2.05, 4.69) is 27.3 Å². The molecule has 0 atom stereocenters. The van der Waals surface area contributed by atoms with Gasteiger partial charge >= 0.3 is 0 Å². The third-order valence-electron chi connectivity index (χ3n) is 5.20. The number of fused-ring (bicyclic) bond motifs is 4. The quantitative estimate of drug-likeness (QED) is 0.460. The fourth-order valence-corrected chi connectivity index (χ4v) is 5.99. The smallest absolute Gasteiger partial charge is 0.279 e. The molecule has 0 aliphatic rings. The molecule has 0 amide bonds. The molecule has 1 N–H and O–H groups in total. The highest BCUT2D eigenvalue weighted by molar-refractivity contribution is 7.92. The maximum absolute atomic E-state index is 13.1. The molecule has 0 radical (unpaired) electrons. The minimum Gasteiger partial charge on any atom is -0.341 e. The van der Waals surface area contributed by atoms with Crippen LogP contribution in [-0.4, -0.2) is 22.4 Å². The third-order valence-corrected chi connectivity index (χ3v) is 7.47. The maximum Gasteiger partial charge on any atom is 0.279 e. The number of para-hydroxylation sites is 1. The van der Waals surface area contributed by atoms with E-state index in [1.165, 1.54) is 28.9 Å². The summed E-state index contributed by atoms with van der Waals surface area (Å²) in [4.78, 5) is 17.2. The van der Waals surface area contributed by atoms with Gasteiger partial charge < -0.3 is 4.57 Å². The molecule has 0 unspecified atom stereocenters. The maximum atomic E-state index is 13.1. The van der Waals surface area contributed by atoms with Crippen molar-refractivity contribution in [1.29, 1.82) is 0 Å². The van der Waals surface area contributed by atoms with Crippen LogP contribution in [-0.2, 0) is 16.6 Å². The average Bonchev–Trinajstić information content (AvgIpc) is 3.29. The van der Waals surface area contributed by atoms with E-state index in [1.807, 2.05) is 30.3 Å². The SMILES string of the molecule is CCn1c2ccccc2c2cc(NS(=O)(=O)c3c(C)nc4sccn4c3=O)ccc21. The second-order valence-corrected chi connectivity index (χ2v) is 9.48. The number of anilines is 1. The van der Waals surface area contributed by atoms with Crippen molar-refractivity contribution in [2.24, 2.45) is 0 Å². The van der Waals surface area contributed by atoms with Crippen molar-refractivity contribution in [3.8, 4) is 0 Å². The van der Waals surface area contributed by atoms with Crippen molar-refractivity contribution in [3.05, 3.63) is 70.1 Å². The summed E-state index contributed by atoms with van der Waals surface area (Å²) < 4.78 is 32.2. The van der Waals surface area contributed by atoms with Crippen LogP contribution in [0.4, 0.5) is 5.69 Å². The molecule has 152 valence electrons. The number of thiazole rings is 1. The molecule has 9 heteroatoms. The zero-order chi connectivity index (χ0) is 21.0. The predicted molar refractivity (Wildman–Crippen MR) is 120 cm³/mol. The molecule has 0 saturated carbocycles. The summed E-state index contributed by atoms with van der Waals surface area (Å²) in [6.07, 6.45) is 1.53. The molecule has 0 bridgehead atoms. The van der Waals surface area contributed by atoms with Crippen LogP contribution in [0.15, 0.2) is 63.7 Å². The van der Waals surface area contributed by atoms with Gasteiger partial charge in [0, 0.05) is 45.6 Å². The zero-order valence-electron chi connectivity index (χ0n) is 16.3. The fourth-order valence-electron chi connectivity index (χ4n) is 3.94. The number of benzene rings is 2. The number of hydrogen-bond donors (Lipinski definition) is 1. The van der Waals surface area contributed by atoms with Crippen LogP contribution < -0.4 is 10.3 Å². The van der Waals surface area contributed by atoms with Crippen LogP contribution >= 0.6 is 11.3 Å². The van der Waals surface area contributed by atoms with Gasteiger partial charge in [-0.25, -0.2) is 13.4 Å². The van der Waals surface area contributed by atoms with Crippen LogP contribution in [0.3, 0.4) is 0 Å². The summed E-state index contributed by atoms with van der Waals surface area (Å²) in [5.74, 6) is 0. The minimum atomic E-state index is -4.11. The number of aryl methyl sites for hydroxylation is 2. The summed E-state index contributed by atoms with van der Waals surface area (Å²) in [7, 11) is -4.11. The van der Waals surface area contributed by atoms with Crippen LogP contribution in [0.25, 0.3) is 26.8 Å². The first-order valence-electron chi connectivity index (χ1n) is 9.41. The molecule has 30 heavy (non-hydrogen) atoms. The van der Waals surface area contributed by atoms with E-state index in [0.717, 1.165) is 28.4 Å². The Hall–Kier alpha value is -3.17. The van der Waals surface area contributed by atoms with Gasteiger partial charge in [0.15, 0.2) is 9.86 Å². The molecule has 0 aliphatic heterocycles. The highest BCUT2D eigenvalue weighted by atomic mass is 32.2. The van der Waals surface area contributed by atoms with Gasteiger partial charge in [0.05, 0.1) is 5.69 Å². The van der Waals surface area contributed by atoms with Gasteiger partial charge in [0.1, 0.15) is 0 Å². The van der Waals surface area contributed by atoms with E-state index >= 15 is 0 Å². The van der Waals surface area contributed by atoms with Gasteiger partial charge in [-0.05, 0) is 38.1 Å². The lowest BCUT2D eigenvalue weighted by Gasteiger charge is -2.10. The molecule has 0 spiro atoms. The van der Waals surface area contributed by atoms with Crippen molar-refractivity contribution < 1.29 is 8.42 Å². The Morgan fingerprint density at radius 3 is 2.67 bits per heavy atom. The Kier molecular flexibility index (Phi) is 4.19. The Labute approximate surface area is 176 Å². The average molecular weight is 439 g/mol. The first-order valence-corrected chi connectivity index (χ1v) is 11.8. The number of nitrogens with zero attached hydrogens (tertiary/aromatic N) is 3. The predicted octanol–water partition coefficient (Wildman–Crippen LogP) is 3.99. The summed E-state index contributed by atoms with van der Waals surface area (Å²) in [5, 5.41) is 3.70. The standard InChI is InChI=1S/C21H18N4O3S2/c1-3-24-17-7-5-4-6-15(17)16-12-14(8-9-18(16)24)23-30(27,28)19-13(2)22-21-25(20(19)26)10-11-29-21/h4-12,23H,3H2,1-2H3. The first-order chi connectivity index (χ1) is 14.4. The summed E-state index contributed by atoms with van der Waals surface area (Å²) >= 11 is 1.28. The zero-order valence-corrected chi connectivity index (χ0v) is 17.9. The number of rotatable bonds is 4. The van der Waals surface area contributed by atoms with Crippen LogP contribution in [0.1, 0.15) is 12.6 Å². The highest BCUT2D eigenvalue weighted by Gasteiger charge is 2.24. The van der Waals surface area contributed by atoms with Crippen LogP contribution in [0.2, 0.25) is 0 Å². The Morgan fingerprint density at radius 2 is 1.87 bits per heavy atom. The number of sulfonamides is 1. The van der Waals surface area contributed by atoms with Crippen molar-refractivity contribution in [3.63, 3.8) is 0 Å². The largest absolute Gasteiger partial charge is 0.341 e. The Morgan fingerprint density at radius 1 is 1.10 bits per heavy atom. The second-order valence-electron chi connectivity index (χ2n) is 6.99. The summed E-state index contributed by atoms with van der Waals surface area (Å²) in [6.45, 7) is 4.41. The van der Waals surface area contributed by atoms with Crippen LogP contribution in [0, 0.1) is 6.92 Å². The van der Waals surface area contributed by atoms with Gasteiger partial charge in [-0.3, -0.25) is 13.9 Å². The van der Waals surface area contributed by atoms with Crippen molar-refractivity contribution in [1.82, 2.24) is 14.0 Å². The minimum absolute atomic E-state index is 0.179. The fraction of sp³-hybridized carbons (Fsp3) is 0.143. The van der Waals surface area contributed by atoms with E-state index in [1.54, 1.807) is 11.4 Å². The van der Waals surface area contributed by atoms with Gasteiger partial charge in [0.2, 0.25) is 0 Å². The monoisotopic (exact) mass is 438 g/mol. The molecule has 3 aromatic heterocycles. The molecule has 5 aromatic rings. The van der Waals surface area contributed by atoms with Crippen molar-refractivity contribution >= 4 is 53.8 Å². The number of nitrogens with one attached hydrogen (secondary N) is 1. The van der Waals surface area contributed by atoms with Gasteiger partial charge in [-0.1, -0.05) is 18.2 Å². The molecule has 2 aromatic carbocycles. The van der Waals surface area contributed by atoms with E-state index < -0.39 is 15.6 Å². The van der Waals surface area contributed by atoms with Crippen LogP contribution in [0.5, 0.6) is 0 Å². The lowest BCUT2D eigenvalue weighted by atomic mass is 10.1. The lowest BCUT2D eigenvalue weighted by molar-refractivity contribution is 0.598. The number of hydrogen-bond acceptors (Lipinski definition) is 5. The molecule has 3 heterocycles. The molecule has 0 saturated heterocycles. The lowest BCUT2D eigenvalue weighted by Crippen LogP contribution is -2.27. The van der Waals surface area contributed by atoms with Crippen molar-refractivity contribution in [2.75, 3.05) is 4.72 Å². The molecule has 7 nitrogen and oxygen atoms in total. The third kappa shape index (κ3) is 2.73. The van der Waals surface area contributed by atoms with E-state index in [4.69, 9.17) is 0 Å². The highest BCUT2D eigenvalue weighted by Crippen LogP contribution is 2.31. The summed E-state index contributed by atoms with van der Waals surface area (Å²) in [5.41, 5.74) is 2.10. The normalized spacial score (nSPS) is 12.2. The first kappa shape index (κ1) is 18.8. The molecular formula is C21H18N4O3S2. The number of aromatic nitrogens is 3. The van der Waals surface area contributed by atoms with E-state index in [-0.39, 0.29) is 10.6 Å². The second kappa shape index (κ2) is 6.68. The Bertz CT molecular complexity index is 1610. The van der Waals surface area contributed by atoms with Gasteiger partial charge in [0.25, 0.3) is 15.6 Å². The Balaban J connectivity index is 1.65. The topological polar surface area (TPSA) is 85.5 Å². The van der Waals surface area contributed by atoms with Gasteiger partial charge in [-0.2, -0.15) is 0 Å². The molecule has 0 fully saturated rings. The summed E-state index contributed by atoms with van der Waals surface area (Å²) in [6, 6.07) is 13.4. The van der Waals surface area contributed by atoms with Gasteiger partial charge in [-0.15, -0.1) is 11.3 Å². The molecule has 0 aliphatic carbocycles. The molecule has 5 rings (SSSR count). The van der Waals surface area contributed by atoms with Crippen molar-refractivity contribution in [2.45, 2.75) is 25.3 Å².